The molecule has 2 aromatic carbocycles. The Kier molecular flexibility index (Phi) is 5.94. The van der Waals surface area contributed by atoms with Crippen LogP contribution in [0.2, 0.25) is 0 Å². The van der Waals surface area contributed by atoms with Crippen LogP contribution in [-0.2, 0) is 11.0 Å². The third-order valence-electron chi connectivity index (χ3n) is 4.65. The lowest BCUT2D eigenvalue weighted by molar-refractivity contribution is 0.105. The maximum absolute atomic E-state index is 12.7. The largest absolute Gasteiger partial charge is 0.331 e. The van der Waals surface area contributed by atoms with Gasteiger partial charge < -0.3 is 5.32 Å². The van der Waals surface area contributed by atoms with Gasteiger partial charge in [-0.3, -0.25) is 9.52 Å². The predicted molar refractivity (Wildman–Crippen MR) is 124 cm³/mol. The molecule has 0 bridgehead atoms. The Morgan fingerprint density at radius 1 is 1.13 bits per heavy atom. The minimum absolute atomic E-state index is 0.00600. The van der Waals surface area contributed by atoms with E-state index in [-0.39, 0.29) is 5.78 Å². The van der Waals surface area contributed by atoms with Gasteiger partial charge in [0, 0.05) is 16.8 Å². The summed E-state index contributed by atoms with van der Waals surface area (Å²) in [5, 5.41) is 2.68. The molecule has 2 aromatic rings. The molecule has 4 rings (SSSR count). The first-order chi connectivity index (χ1) is 14.4. The first-order valence-electron chi connectivity index (χ1n) is 9.12. The standard InChI is InChI=1S/C22H17ClN2O3S2/c1-13-11-15(24-22(27)25-30(28)20-8-4-7-19(23)29-20)9-10-16(13)18-12-14-5-2-3-6-17(14)21(18)26/h2-3,5-12H,4H2,1H3,(H2,24,25,27). The highest BCUT2D eigenvalue weighted by Crippen LogP contribution is 2.35. The van der Waals surface area contributed by atoms with Gasteiger partial charge in [-0.1, -0.05) is 65.8 Å². The Morgan fingerprint density at radius 2 is 1.93 bits per heavy atom. The first kappa shape index (κ1) is 20.7. The number of rotatable bonds is 4. The van der Waals surface area contributed by atoms with Gasteiger partial charge in [-0.15, -0.1) is 0 Å². The van der Waals surface area contributed by atoms with Crippen LogP contribution < -0.4 is 10.0 Å². The predicted octanol–water partition coefficient (Wildman–Crippen LogP) is 5.58. The molecular formula is C22H17ClN2O3S2. The molecule has 0 fully saturated rings. The molecular weight excluding hydrogens is 440 g/mol. The van der Waals surface area contributed by atoms with E-state index >= 15 is 0 Å². The second-order valence-electron chi connectivity index (χ2n) is 6.70. The maximum atomic E-state index is 12.7. The number of benzene rings is 2. The molecule has 0 spiro atoms. The van der Waals surface area contributed by atoms with Crippen molar-refractivity contribution >= 4 is 63.5 Å². The second kappa shape index (κ2) is 8.63. The van der Waals surface area contributed by atoms with E-state index < -0.39 is 17.0 Å². The van der Waals surface area contributed by atoms with Crippen molar-refractivity contribution in [3.63, 3.8) is 0 Å². The quantitative estimate of drug-likeness (QED) is 0.630. The van der Waals surface area contributed by atoms with Crippen LogP contribution in [-0.4, -0.2) is 16.0 Å². The van der Waals surface area contributed by atoms with Gasteiger partial charge in [-0.2, -0.15) is 0 Å². The zero-order valence-electron chi connectivity index (χ0n) is 15.9. The van der Waals surface area contributed by atoms with Crippen LogP contribution in [0.1, 0.15) is 33.5 Å². The van der Waals surface area contributed by atoms with Gasteiger partial charge in [-0.25, -0.2) is 9.00 Å². The number of fused-ring (bicyclic) bond motifs is 1. The lowest BCUT2D eigenvalue weighted by atomic mass is 9.97. The van der Waals surface area contributed by atoms with Crippen molar-refractivity contribution in [1.82, 2.24) is 4.72 Å². The summed E-state index contributed by atoms with van der Waals surface area (Å²) >= 11 is 7.10. The van der Waals surface area contributed by atoms with Crippen LogP contribution in [0.5, 0.6) is 0 Å². The molecule has 0 saturated heterocycles. The van der Waals surface area contributed by atoms with Gasteiger partial charge in [0.2, 0.25) is 0 Å². The molecule has 0 aromatic heterocycles. The van der Waals surface area contributed by atoms with Gasteiger partial charge in [-0.05, 0) is 48.2 Å². The van der Waals surface area contributed by atoms with Crippen LogP contribution in [0.15, 0.2) is 63.2 Å². The zero-order valence-corrected chi connectivity index (χ0v) is 18.3. The molecule has 8 heteroatoms. The number of Topliss-reactive ketones (excluding diaryl/α,β-unsaturated/α-hetero) is 1. The summed E-state index contributed by atoms with van der Waals surface area (Å²) in [4.78, 5) is 24.9. The van der Waals surface area contributed by atoms with Gasteiger partial charge in [0.1, 0.15) is 0 Å². The second-order valence-corrected chi connectivity index (χ2v) is 9.85. The summed E-state index contributed by atoms with van der Waals surface area (Å²) in [7, 11) is -1.69. The molecule has 30 heavy (non-hydrogen) atoms. The molecule has 5 nitrogen and oxygen atoms in total. The summed E-state index contributed by atoms with van der Waals surface area (Å²) in [5.41, 5.74) is 4.45. The molecule has 152 valence electrons. The van der Waals surface area contributed by atoms with Crippen molar-refractivity contribution in [2.45, 2.75) is 13.3 Å². The normalized spacial score (nSPS) is 16.2. The van der Waals surface area contributed by atoms with E-state index in [9.17, 15) is 13.8 Å². The Hall–Kier alpha value is -2.61. The Bertz CT molecular complexity index is 1180. The van der Waals surface area contributed by atoms with E-state index in [4.69, 9.17) is 11.6 Å². The highest BCUT2D eigenvalue weighted by Gasteiger charge is 2.24. The lowest BCUT2D eigenvalue weighted by Crippen LogP contribution is -2.30. The monoisotopic (exact) mass is 456 g/mol. The zero-order chi connectivity index (χ0) is 21.3. The van der Waals surface area contributed by atoms with Gasteiger partial charge >= 0.3 is 6.03 Å². The highest BCUT2D eigenvalue weighted by molar-refractivity contribution is 8.19. The average molecular weight is 457 g/mol. The van der Waals surface area contributed by atoms with Crippen molar-refractivity contribution in [3.05, 3.63) is 85.5 Å². The molecule has 1 unspecified atom stereocenters. The molecule has 1 heterocycles. The average Bonchev–Trinajstić information content (AvgIpc) is 3.04. The minimum atomic E-state index is -1.69. The third kappa shape index (κ3) is 4.28. The molecule has 1 aliphatic carbocycles. The fraction of sp³-hybridized carbons (Fsp3) is 0.0909. The third-order valence-corrected chi connectivity index (χ3v) is 7.38. The summed E-state index contributed by atoms with van der Waals surface area (Å²) < 4.78 is 15.7. The van der Waals surface area contributed by atoms with Crippen molar-refractivity contribution in [3.8, 4) is 0 Å². The van der Waals surface area contributed by atoms with E-state index in [1.54, 1.807) is 24.3 Å². The number of hydrogen-bond acceptors (Lipinski definition) is 4. The summed E-state index contributed by atoms with van der Waals surface area (Å²) in [6.07, 6.45) is 6.03. The van der Waals surface area contributed by atoms with Crippen molar-refractivity contribution < 1.29 is 13.8 Å². The number of urea groups is 1. The SMILES string of the molecule is Cc1cc(NC(=O)NS(=O)C2=CCC=C(Cl)S2)ccc1C1=Cc2ccccc2C1=O. The number of nitrogens with one attached hydrogen (secondary N) is 2. The van der Waals surface area contributed by atoms with Crippen LogP contribution in [0.3, 0.4) is 0 Å². The summed E-state index contributed by atoms with van der Waals surface area (Å²) in [6, 6.07) is 12.2. The summed E-state index contributed by atoms with van der Waals surface area (Å²) in [5.74, 6) is -0.00600. The minimum Gasteiger partial charge on any atom is -0.307 e. The number of amides is 2. The molecule has 0 saturated carbocycles. The number of anilines is 1. The van der Waals surface area contributed by atoms with E-state index in [1.807, 2.05) is 43.3 Å². The molecule has 2 amide bonds. The van der Waals surface area contributed by atoms with Crippen LogP contribution in [0, 0.1) is 6.92 Å². The van der Waals surface area contributed by atoms with E-state index in [1.165, 1.54) is 0 Å². The molecule has 2 aliphatic rings. The number of ketones is 1. The molecule has 0 radical (unpaired) electrons. The van der Waals surface area contributed by atoms with E-state index in [0.29, 0.717) is 31.8 Å². The topological polar surface area (TPSA) is 75.3 Å². The smallest absolute Gasteiger partial charge is 0.307 e. The summed E-state index contributed by atoms with van der Waals surface area (Å²) in [6.45, 7) is 1.88. The molecule has 2 N–H and O–H groups in total. The lowest BCUT2D eigenvalue weighted by Gasteiger charge is -2.13. The van der Waals surface area contributed by atoms with Gasteiger partial charge in [0.25, 0.3) is 0 Å². The highest BCUT2D eigenvalue weighted by atomic mass is 35.5. The van der Waals surface area contributed by atoms with Gasteiger partial charge in [0.05, 0.1) is 8.60 Å². The van der Waals surface area contributed by atoms with Crippen molar-refractivity contribution in [2.24, 2.45) is 0 Å². The van der Waals surface area contributed by atoms with Crippen molar-refractivity contribution in [2.75, 3.05) is 5.32 Å². The number of hydrogen-bond donors (Lipinski definition) is 2. The number of carbonyl (C=O) groups is 2. The fourth-order valence-corrected chi connectivity index (χ4v) is 5.56. The number of carbonyl (C=O) groups excluding carboxylic acids is 2. The van der Waals surface area contributed by atoms with Gasteiger partial charge in [0.15, 0.2) is 16.8 Å². The van der Waals surface area contributed by atoms with Crippen LogP contribution in [0.4, 0.5) is 10.5 Å². The Labute approximate surface area is 185 Å². The Balaban J connectivity index is 1.44. The number of halogens is 1. The number of aryl methyl sites for hydroxylation is 1. The first-order valence-corrected chi connectivity index (χ1v) is 11.5. The van der Waals surface area contributed by atoms with E-state index in [0.717, 1.165) is 28.5 Å². The Morgan fingerprint density at radius 3 is 2.67 bits per heavy atom. The van der Waals surface area contributed by atoms with Crippen molar-refractivity contribution in [1.29, 1.82) is 0 Å². The fourth-order valence-electron chi connectivity index (χ4n) is 3.27. The number of thioether (sulfide) groups is 1. The molecule has 1 atom stereocenters. The van der Waals surface area contributed by atoms with Crippen LogP contribution in [0.25, 0.3) is 11.6 Å². The van der Waals surface area contributed by atoms with Crippen LogP contribution >= 0.6 is 23.4 Å². The number of allylic oxidation sites excluding steroid dienone is 3. The van der Waals surface area contributed by atoms with E-state index in [2.05, 4.69) is 10.0 Å². The molecule has 1 aliphatic heterocycles. The maximum Gasteiger partial charge on any atom is 0.331 e.